The summed E-state index contributed by atoms with van der Waals surface area (Å²) in [5.74, 6) is -1.59. The first-order valence-corrected chi connectivity index (χ1v) is 12.4. The molecule has 0 aromatic heterocycles. The minimum absolute atomic E-state index is 0.00689. The molecule has 2 saturated heterocycles. The summed E-state index contributed by atoms with van der Waals surface area (Å²) in [5, 5.41) is 11.0. The summed E-state index contributed by atoms with van der Waals surface area (Å²) in [6.45, 7) is 2.24. The van der Waals surface area contributed by atoms with Gasteiger partial charge in [-0.15, -0.1) is 0 Å². The van der Waals surface area contributed by atoms with Crippen LogP contribution in [0.2, 0.25) is 10.0 Å². The molecule has 1 atom stereocenters. The van der Waals surface area contributed by atoms with Crippen molar-refractivity contribution in [3.05, 3.63) is 63.6 Å². The van der Waals surface area contributed by atoms with Gasteiger partial charge in [0.15, 0.2) is 0 Å². The molecule has 37 heavy (non-hydrogen) atoms. The van der Waals surface area contributed by atoms with Gasteiger partial charge < -0.3 is 19.8 Å². The summed E-state index contributed by atoms with van der Waals surface area (Å²) in [5.41, 5.74) is -2.98. The first-order chi connectivity index (χ1) is 17.3. The Morgan fingerprint density at radius 1 is 1.00 bits per heavy atom. The number of carbonyl (C=O) groups is 2. The molecule has 4 rings (SSSR count). The summed E-state index contributed by atoms with van der Waals surface area (Å²) in [6, 6.07) is 10.1. The quantitative estimate of drug-likeness (QED) is 0.608. The number of hydrogen-bond donors (Lipinski definition) is 1. The van der Waals surface area contributed by atoms with E-state index in [0.29, 0.717) is 36.8 Å². The van der Waals surface area contributed by atoms with Gasteiger partial charge in [-0.2, -0.15) is 13.2 Å². The molecule has 1 unspecified atom stereocenters. The first kappa shape index (κ1) is 27.5. The van der Waals surface area contributed by atoms with Crippen molar-refractivity contribution in [2.24, 2.45) is 0 Å². The van der Waals surface area contributed by atoms with E-state index < -0.39 is 23.2 Å². The fourth-order valence-electron chi connectivity index (χ4n) is 4.65. The first-order valence-electron chi connectivity index (χ1n) is 11.7. The van der Waals surface area contributed by atoms with Crippen LogP contribution < -0.4 is 4.90 Å². The molecule has 12 heteroatoms. The Morgan fingerprint density at radius 3 is 2.19 bits per heavy atom. The molecule has 0 bridgehead atoms. The number of alkyl halides is 3. The van der Waals surface area contributed by atoms with Gasteiger partial charge in [-0.1, -0.05) is 35.3 Å². The monoisotopic (exact) mass is 558 g/mol. The molecule has 2 aromatic carbocycles. The molecule has 2 amide bonds. The van der Waals surface area contributed by atoms with Gasteiger partial charge in [0.2, 0.25) is 0 Å². The SMILES string of the molecule is CN(C)C(=O)c1ccc(N2CC(N3CCN(C(=O)C(O)(c4cccc(Cl)c4)C(F)(F)F)CC3)C2)cc1Cl. The summed E-state index contributed by atoms with van der Waals surface area (Å²) in [7, 11) is 3.31. The number of nitrogens with zero attached hydrogens (tertiary/aromatic N) is 4. The Balaban J connectivity index is 1.36. The van der Waals surface area contributed by atoms with E-state index in [1.807, 2.05) is 6.07 Å². The molecule has 0 spiro atoms. The molecule has 1 N–H and O–H groups in total. The van der Waals surface area contributed by atoms with Gasteiger partial charge in [0, 0.05) is 75.7 Å². The van der Waals surface area contributed by atoms with Gasteiger partial charge in [0.1, 0.15) is 0 Å². The van der Waals surface area contributed by atoms with E-state index in [4.69, 9.17) is 23.2 Å². The largest absolute Gasteiger partial charge is 0.430 e. The van der Waals surface area contributed by atoms with Crippen molar-refractivity contribution in [2.45, 2.75) is 17.8 Å². The fraction of sp³-hybridized carbons (Fsp3) is 0.440. The van der Waals surface area contributed by atoms with Crippen molar-refractivity contribution < 1.29 is 27.9 Å². The molecule has 0 aliphatic carbocycles. The lowest BCUT2D eigenvalue weighted by Crippen LogP contribution is -2.65. The second-order valence-electron chi connectivity index (χ2n) is 9.47. The third-order valence-corrected chi connectivity index (χ3v) is 7.44. The van der Waals surface area contributed by atoms with Crippen molar-refractivity contribution in [1.29, 1.82) is 0 Å². The van der Waals surface area contributed by atoms with Gasteiger partial charge in [-0.3, -0.25) is 14.5 Å². The van der Waals surface area contributed by atoms with Crippen LogP contribution in [0.4, 0.5) is 18.9 Å². The third kappa shape index (κ3) is 5.25. The second-order valence-corrected chi connectivity index (χ2v) is 10.3. The van der Waals surface area contributed by atoms with E-state index >= 15 is 0 Å². The van der Waals surface area contributed by atoms with E-state index in [1.165, 1.54) is 17.0 Å². The smallest absolute Gasteiger partial charge is 0.368 e. The van der Waals surface area contributed by atoms with Crippen molar-refractivity contribution in [3.63, 3.8) is 0 Å². The van der Waals surface area contributed by atoms with E-state index in [2.05, 4.69) is 9.80 Å². The Hall–Kier alpha value is -2.53. The number of carbonyl (C=O) groups excluding carboxylic acids is 2. The average molecular weight is 559 g/mol. The number of halogens is 5. The maximum atomic E-state index is 13.9. The highest BCUT2D eigenvalue weighted by atomic mass is 35.5. The highest BCUT2D eigenvalue weighted by molar-refractivity contribution is 6.34. The van der Waals surface area contributed by atoms with Crippen LogP contribution in [0.1, 0.15) is 15.9 Å². The number of aliphatic hydroxyl groups is 1. The standard InChI is InChI=1S/C25H27Cl2F3N4O3/c1-31(2)22(35)20-7-6-18(13-21(20)27)34-14-19(15-34)32-8-10-33(11-9-32)23(36)24(37,25(28,29)30)16-4-3-5-17(26)12-16/h3-7,12-13,19,37H,8-11,14-15H2,1-2H3. The molecule has 0 saturated carbocycles. The summed E-state index contributed by atoms with van der Waals surface area (Å²) in [4.78, 5) is 31.9. The lowest BCUT2D eigenvalue weighted by atomic mass is 9.91. The van der Waals surface area contributed by atoms with Crippen molar-refractivity contribution in [2.75, 3.05) is 58.3 Å². The number of piperazine rings is 1. The predicted octanol–water partition coefficient (Wildman–Crippen LogP) is 3.48. The number of rotatable bonds is 5. The normalized spacial score (nSPS) is 18.8. The topological polar surface area (TPSA) is 67.3 Å². The van der Waals surface area contributed by atoms with Gasteiger partial charge in [0.25, 0.3) is 17.4 Å². The van der Waals surface area contributed by atoms with Crippen molar-refractivity contribution >= 4 is 40.7 Å². The van der Waals surface area contributed by atoms with E-state index in [-0.39, 0.29) is 30.1 Å². The Bertz CT molecular complexity index is 1180. The van der Waals surface area contributed by atoms with Gasteiger partial charge >= 0.3 is 6.18 Å². The number of benzene rings is 2. The second kappa shape index (κ2) is 10.3. The molecule has 2 aromatic rings. The van der Waals surface area contributed by atoms with Gasteiger partial charge in [-0.05, 0) is 30.3 Å². The predicted molar refractivity (Wildman–Crippen MR) is 135 cm³/mol. The molecular weight excluding hydrogens is 532 g/mol. The van der Waals surface area contributed by atoms with Crippen molar-refractivity contribution in [3.8, 4) is 0 Å². The Kier molecular flexibility index (Phi) is 7.67. The summed E-state index contributed by atoms with van der Waals surface area (Å²) in [6.07, 6.45) is -5.21. The van der Waals surface area contributed by atoms with Crippen LogP contribution in [0.5, 0.6) is 0 Å². The Morgan fingerprint density at radius 2 is 1.65 bits per heavy atom. The summed E-state index contributed by atoms with van der Waals surface area (Å²) < 4.78 is 41.8. The fourth-order valence-corrected chi connectivity index (χ4v) is 5.10. The van der Waals surface area contributed by atoms with Gasteiger partial charge in [-0.25, -0.2) is 0 Å². The van der Waals surface area contributed by atoms with Crippen LogP contribution >= 0.6 is 23.2 Å². The maximum absolute atomic E-state index is 13.9. The summed E-state index contributed by atoms with van der Waals surface area (Å²) >= 11 is 12.1. The van der Waals surface area contributed by atoms with Crippen LogP contribution in [0.3, 0.4) is 0 Å². The molecule has 7 nitrogen and oxygen atoms in total. The van der Waals surface area contributed by atoms with Crippen LogP contribution in [0.15, 0.2) is 42.5 Å². The van der Waals surface area contributed by atoms with Crippen LogP contribution in [-0.4, -0.2) is 97.2 Å². The van der Waals surface area contributed by atoms with E-state index in [9.17, 15) is 27.9 Å². The highest BCUT2D eigenvalue weighted by Crippen LogP contribution is 2.41. The number of anilines is 1. The molecule has 2 aliphatic rings. The third-order valence-electron chi connectivity index (χ3n) is 6.90. The zero-order valence-electron chi connectivity index (χ0n) is 20.3. The average Bonchev–Trinajstić information content (AvgIpc) is 2.81. The highest BCUT2D eigenvalue weighted by Gasteiger charge is 2.62. The molecule has 0 radical (unpaired) electrons. The van der Waals surface area contributed by atoms with Gasteiger partial charge in [0.05, 0.1) is 10.6 Å². The van der Waals surface area contributed by atoms with E-state index in [0.717, 1.165) is 22.7 Å². The lowest BCUT2D eigenvalue weighted by Gasteiger charge is -2.49. The van der Waals surface area contributed by atoms with Crippen molar-refractivity contribution in [1.82, 2.24) is 14.7 Å². The Labute approximate surface area is 222 Å². The molecular formula is C25H27Cl2F3N4O3. The molecule has 2 fully saturated rings. The van der Waals surface area contributed by atoms with Crippen LogP contribution in [0, 0.1) is 0 Å². The maximum Gasteiger partial charge on any atom is 0.430 e. The zero-order valence-corrected chi connectivity index (χ0v) is 21.8. The minimum atomic E-state index is -5.21. The molecule has 200 valence electrons. The lowest BCUT2D eigenvalue weighted by molar-refractivity contribution is -0.262. The van der Waals surface area contributed by atoms with Crippen LogP contribution in [-0.2, 0) is 10.4 Å². The molecule has 2 heterocycles. The number of hydrogen-bond acceptors (Lipinski definition) is 5. The minimum Gasteiger partial charge on any atom is -0.368 e. The number of amides is 2. The van der Waals surface area contributed by atoms with E-state index in [1.54, 1.807) is 26.2 Å². The zero-order chi connectivity index (χ0) is 27.1. The molecule has 2 aliphatic heterocycles. The van der Waals surface area contributed by atoms with Crippen LogP contribution in [0.25, 0.3) is 0 Å².